The number of hydrogen-bond acceptors (Lipinski definition) is 4. The van der Waals surface area contributed by atoms with E-state index in [1.54, 1.807) is 13.8 Å². The molecule has 2 fully saturated rings. The van der Waals surface area contributed by atoms with Gasteiger partial charge in [0.2, 0.25) is 0 Å². The molecule has 5 heteroatoms. The molecule has 0 aromatic carbocycles. The van der Waals surface area contributed by atoms with E-state index in [9.17, 15) is 19.5 Å². The van der Waals surface area contributed by atoms with Crippen LogP contribution in [0.3, 0.4) is 0 Å². The van der Waals surface area contributed by atoms with E-state index < -0.39 is 29.1 Å². The first kappa shape index (κ1) is 21.1. The van der Waals surface area contributed by atoms with Gasteiger partial charge in [0.05, 0.1) is 13.1 Å². The molecule has 0 aromatic heterocycles. The molecule has 5 nitrogen and oxygen atoms in total. The predicted molar refractivity (Wildman–Crippen MR) is 97.8 cm³/mol. The lowest BCUT2D eigenvalue weighted by Crippen LogP contribution is -2.66. The van der Waals surface area contributed by atoms with Crippen LogP contribution < -0.4 is 5.11 Å². The second-order valence-electron chi connectivity index (χ2n) is 8.97. The Morgan fingerprint density at radius 2 is 1.65 bits per heavy atom. The summed E-state index contributed by atoms with van der Waals surface area (Å²) in [6, 6.07) is -0.873. The summed E-state index contributed by atoms with van der Waals surface area (Å²) in [4.78, 5) is 38.5. The Bertz CT molecular complexity index is 550. The van der Waals surface area contributed by atoms with E-state index in [-0.39, 0.29) is 10.4 Å². The fourth-order valence-electron chi connectivity index (χ4n) is 5.11. The van der Waals surface area contributed by atoms with Crippen LogP contribution in [0.15, 0.2) is 0 Å². The summed E-state index contributed by atoms with van der Waals surface area (Å²) in [5.41, 5.74) is -0.754. The second kappa shape index (κ2) is 8.20. The number of carboxylic acids is 1. The summed E-state index contributed by atoms with van der Waals surface area (Å²) in [7, 11) is 0. The van der Waals surface area contributed by atoms with Crippen molar-refractivity contribution in [3.05, 3.63) is 0 Å². The van der Waals surface area contributed by atoms with Crippen LogP contribution in [-0.2, 0) is 14.4 Å². The lowest BCUT2D eigenvalue weighted by atomic mass is 9.76. The largest absolute Gasteiger partial charge is 0.544 e. The first-order valence-electron chi connectivity index (χ1n) is 10.4. The van der Waals surface area contributed by atoms with Gasteiger partial charge in [-0.1, -0.05) is 47.0 Å². The lowest BCUT2D eigenvalue weighted by molar-refractivity contribution is -0.859. The first-order valence-corrected chi connectivity index (χ1v) is 10.4. The normalized spacial score (nSPS) is 30.3. The van der Waals surface area contributed by atoms with Crippen LogP contribution in [0.5, 0.6) is 0 Å². The van der Waals surface area contributed by atoms with E-state index >= 15 is 0 Å². The van der Waals surface area contributed by atoms with Gasteiger partial charge in [-0.25, -0.2) is 9.28 Å². The van der Waals surface area contributed by atoms with Gasteiger partial charge in [0.25, 0.3) is 5.78 Å². The van der Waals surface area contributed by atoms with Gasteiger partial charge in [-0.2, -0.15) is 0 Å². The maximum absolute atomic E-state index is 13.3. The number of rotatable bonds is 7. The Morgan fingerprint density at radius 1 is 1.04 bits per heavy atom. The molecule has 1 saturated heterocycles. The van der Waals surface area contributed by atoms with Gasteiger partial charge >= 0.3 is 5.91 Å². The molecule has 148 valence electrons. The van der Waals surface area contributed by atoms with Gasteiger partial charge < -0.3 is 9.90 Å². The van der Waals surface area contributed by atoms with Crippen molar-refractivity contribution in [1.29, 1.82) is 0 Å². The third-order valence-electron chi connectivity index (χ3n) is 7.02. The number of carbonyl (C=O) groups is 3. The van der Waals surface area contributed by atoms with E-state index in [0.29, 0.717) is 38.3 Å². The molecule has 2 unspecified atom stereocenters. The first-order chi connectivity index (χ1) is 12.2. The maximum Gasteiger partial charge on any atom is 0.382 e. The van der Waals surface area contributed by atoms with Crippen LogP contribution in [0.25, 0.3) is 0 Å². The van der Waals surface area contributed by atoms with Gasteiger partial charge in [-0.15, -0.1) is 0 Å². The third-order valence-corrected chi connectivity index (χ3v) is 7.02. The molecule has 0 radical (unpaired) electrons. The number of carboxylic acid groups (broad SMARTS) is 1. The summed E-state index contributed by atoms with van der Waals surface area (Å²) in [6.07, 6.45) is 7.46. The van der Waals surface area contributed by atoms with E-state index in [1.165, 1.54) is 6.42 Å². The molecular weight excluding hydrogens is 330 g/mol. The summed E-state index contributed by atoms with van der Waals surface area (Å²) in [6.45, 7) is 8.25. The van der Waals surface area contributed by atoms with Crippen LogP contribution in [0.2, 0.25) is 0 Å². The summed E-state index contributed by atoms with van der Waals surface area (Å²) < 4.78 is -0.220. The summed E-state index contributed by atoms with van der Waals surface area (Å²) in [5.74, 6) is -1.80. The highest BCUT2D eigenvalue weighted by molar-refractivity contribution is 6.35. The zero-order chi connectivity index (χ0) is 19.5. The molecule has 1 aliphatic heterocycles. The Balaban J connectivity index is 2.40. The Labute approximate surface area is 157 Å². The topological polar surface area (TPSA) is 74.3 Å². The molecule has 3 atom stereocenters. The minimum Gasteiger partial charge on any atom is -0.544 e. The van der Waals surface area contributed by atoms with Crippen LogP contribution in [-0.4, -0.2) is 41.3 Å². The molecule has 1 aliphatic carbocycles. The SMILES string of the molecule is CCC[N+]1(C(=O)C(=O)C(C)(C)CC)CCC(C2CCCCC2)[C@H]1C(=O)[O-]. The highest BCUT2D eigenvalue weighted by atomic mass is 16.4. The molecule has 0 spiro atoms. The zero-order valence-electron chi connectivity index (χ0n) is 16.9. The molecule has 1 amide bonds. The Hall–Kier alpha value is -1.23. The molecule has 2 rings (SSSR count). The van der Waals surface area contributed by atoms with E-state index in [1.807, 2.05) is 13.8 Å². The van der Waals surface area contributed by atoms with Crippen molar-refractivity contribution in [2.24, 2.45) is 17.3 Å². The highest BCUT2D eigenvalue weighted by Gasteiger charge is 2.58. The number of Topliss-reactive ketones (excluding diaryl/α,β-unsaturated/α-hetero) is 1. The number of hydrogen-bond donors (Lipinski definition) is 0. The maximum atomic E-state index is 13.3. The molecule has 26 heavy (non-hydrogen) atoms. The van der Waals surface area contributed by atoms with E-state index in [4.69, 9.17) is 0 Å². The van der Waals surface area contributed by atoms with Crippen molar-refractivity contribution in [3.63, 3.8) is 0 Å². The van der Waals surface area contributed by atoms with Crippen molar-refractivity contribution < 1.29 is 24.0 Å². The number of amides is 1. The quantitative estimate of drug-likeness (QED) is 0.513. The number of aliphatic carboxylic acids is 1. The van der Waals surface area contributed by atoms with E-state index in [0.717, 1.165) is 25.7 Å². The van der Waals surface area contributed by atoms with Crippen molar-refractivity contribution in [2.75, 3.05) is 13.1 Å². The summed E-state index contributed by atoms with van der Waals surface area (Å²) >= 11 is 0. The predicted octanol–water partition coefficient (Wildman–Crippen LogP) is 2.46. The number of nitrogens with zero attached hydrogens (tertiary/aromatic N) is 1. The lowest BCUT2D eigenvalue weighted by Gasteiger charge is -2.41. The van der Waals surface area contributed by atoms with Crippen LogP contribution in [0, 0.1) is 17.3 Å². The third kappa shape index (κ3) is 3.73. The van der Waals surface area contributed by atoms with Gasteiger partial charge in [0.15, 0.2) is 0 Å². The number of carbonyl (C=O) groups excluding carboxylic acids is 3. The molecule has 0 aromatic rings. The molecule has 1 heterocycles. The van der Waals surface area contributed by atoms with Crippen molar-refractivity contribution >= 4 is 17.7 Å². The van der Waals surface area contributed by atoms with Gasteiger partial charge in [0.1, 0.15) is 12.0 Å². The monoisotopic (exact) mass is 365 g/mol. The fourth-order valence-corrected chi connectivity index (χ4v) is 5.11. The Kier molecular flexibility index (Phi) is 6.65. The average molecular weight is 366 g/mol. The molecular formula is C21H35NO4. The van der Waals surface area contributed by atoms with E-state index in [2.05, 4.69) is 0 Å². The molecule has 0 bridgehead atoms. The highest BCUT2D eigenvalue weighted by Crippen LogP contribution is 2.43. The van der Waals surface area contributed by atoms with Crippen LogP contribution in [0.1, 0.15) is 79.1 Å². The van der Waals surface area contributed by atoms with Gasteiger partial charge in [-0.3, -0.25) is 4.79 Å². The van der Waals surface area contributed by atoms with Crippen molar-refractivity contribution in [1.82, 2.24) is 0 Å². The minimum atomic E-state index is -1.15. The number of quaternary nitrogens is 1. The standard InChI is InChI=1S/C21H35NO4/c1-5-13-22(19(24)18(23)21(3,4)6-2)14-12-16(17(22)20(25)26)15-10-8-7-9-11-15/h15-17H,5-14H2,1-4H3/t16?,17-,22?/m0/s1. The Morgan fingerprint density at radius 3 is 2.15 bits per heavy atom. The van der Waals surface area contributed by atoms with Gasteiger partial charge in [0, 0.05) is 17.8 Å². The molecule has 2 aliphatic rings. The molecule has 0 N–H and O–H groups in total. The zero-order valence-corrected chi connectivity index (χ0v) is 16.9. The fraction of sp³-hybridized carbons (Fsp3) is 0.857. The second-order valence-corrected chi connectivity index (χ2v) is 8.97. The van der Waals surface area contributed by atoms with Crippen LogP contribution in [0.4, 0.5) is 0 Å². The van der Waals surface area contributed by atoms with Crippen LogP contribution >= 0.6 is 0 Å². The summed E-state index contributed by atoms with van der Waals surface area (Å²) in [5, 5.41) is 12.2. The van der Waals surface area contributed by atoms with Gasteiger partial charge in [-0.05, 0) is 31.6 Å². The minimum absolute atomic E-state index is 0.0478. The molecule has 1 saturated carbocycles. The number of likely N-dealkylation sites (tertiary alicyclic amines) is 1. The van der Waals surface area contributed by atoms with Crippen molar-refractivity contribution in [3.8, 4) is 0 Å². The average Bonchev–Trinajstić information content (AvgIpc) is 3.02. The van der Waals surface area contributed by atoms with Crippen molar-refractivity contribution in [2.45, 2.75) is 85.1 Å². The smallest absolute Gasteiger partial charge is 0.382 e. The number of ketones is 1.